The Kier molecular flexibility index (Phi) is 12.3. The number of rotatable bonds is 12. The van der Waals surface area contributed by atoms with Crippen molar-refractivity contribution in [2.45, 2.75) is 64.1 Å². The summed E-state index contributed by atoms with van der Waals surface area (Å²) in [6.07, 6.45) is 1.18. The van der Waals surface area contributed by atoms with Crippen LogP contribution in [0.25, 0.3) is 0 Å². The van der Waals surface area contributed by atoms with Gasteiger partial charge < -0.3 is 30.6 Å². The number of hydrogen-bond donors (Lipinski definition) is 4. The zero-order valence-corrected chi connectivity index (χ0v) is 32.4. The zero-order chi connectivity index (χ0) is 40.6. The first-order valence-electron chi connectivity index (χ1n) is 19.3. The van der Waals surface area contributed by atoms with E-state index in [0.717, 1.165) is 22.3 Å². The number of amides is 4. The summed E-state index contributed by atoms with van der Waals surface area (Å²) < 4.78 is 0. The first kappa shape index (κ1) is 39.5. The molecule has 0 unspecified atom stereocenters. The second kappa shape index (κ2) is 18.1. The molecule has 58 heavy (non-hydrogen) atoms. The summed E-state index contributed by atoms with van der Waals surface area (Å²) in [5, 5.41) is 30.0. The zero-order valence-electron chi connectivity index (χ0n) is 32.4. The highest BCUT2D eigenvalue weighted by molar-refractivity contribution is 6.04. The number of aliphatic hydroxyl groups excluding tert-OH is 2. The van der Waals surface area contributed by atoms with Crippen molar-refractivity contribution in [3.8, 4) is 0 Å². The Balaban J connectivity index is 1.24. The standard InChI is InChI=1S/C47H46N6O5/c1-31-19-21-41(48-27-31)50-45(56)37-17-9-15-35(23-37)29-52-39(25-33-11-5-3-6-12-33)43(54)44(55)40(26-34-13-7-4-8-14-34)53(47(52)58)30-36-16-10-18-38(24-36)46(57)51-42-22-20-32(2)28-49-42/h3-24,27-28,39-40,43-44,54-55H,25-26,29-30H2,1-2H3,(H,48,50,56)(H,49,51,57)/t39-,40-,43+,44+/m1/s1. The number of hydrogen-bond acceptors (Lipinski definition) is 7. The molecular weight excluding hydrogens is 729 g/mol. The molecule has 3 heterocycles. The van der Waals surface area contributed by atoms with Gasteiger partial charge in [-0.1, -0.05) is 97.1 Å². The largest absolute Gasteiger partial charge is 0.388 e. The lowest BCUT2D eigenvalue weighted by molar-refractivity contribution is -0.0408. The molecule has 6 aromatic rings. The molecule has 4 amide bonds. The summed E-state index contributed by atoms with van der Waals surface area (Å²) in [7, 11) is 0. The molecule has 0 spiro atoms. The molecule has 294 valence electrons. The third-order valence-electron chi connectivity index (χ3n) is 10.4. The van der Waals surface area contributed by atoms with E-state index in [1.807, 2.05) is 98.8 Å². The topological polar surface area (TPSA) is 148 Å². The van der Waals surface area contributed by atoms with E-state index in [9.17, 15) is 19.8 Å². The van der Waals surface area contributed by atoms with Gasteiger partial charge in [0.15, 0.2) is 0 Å². The highest BCUT2D eigenvalue weighted by Crippen LogP contribution is 2.30. The maximum absolute atomic E-state index is 15.3. The summed E-state index contributed by atoms with van der Waals surface area (Å²) in [5.74, 6) is 0.112. The van der Waals surface area contributed by atoms with E-state index in [4.69, 9.17) is 0 Å². The van der Waals surface area contributed by atoms with Crippen LogP contribution in [0.1, 0.15) is 54.1 Å². The fraction of sp³-hybridized carbons (Fsp3) is 0.213. The Morgan fingerprint density at radius 3 is 1.33 bits per heavy atom. The van der Waals surface area contributed by atoms with Gasteiger partial charge in [0.2, 0.25) is 0 Å². The van der Waals surface area contributed by atoms with Crippen molar-refractivity contribution < 1.29 is 24.6 Å². The Morgan fingerprint density at radius 1 is 0.552 bits per heavy atom. The van der Waals surface area contributed by atoms with E-state index in [2.05, 4.69) is 20.6 Å². The molecule has 0 radical (unpaired) electrons. The quantitative estimate of drug-likeness (QED) is 0.105. The smallest absolute Gasteiger partial charge is 0.321 e. The van der Waals surface area contributed by atoms with Crippen molar-refractivity contribution >= 4 is 29.5 Å². The summed E-state index contributed by atoms with van der Waals surface area (Å²) in [4.78, 5) is 53.8. The van der Waals surface area contributed by atoms with Gasteiger partial charge in [-0.3, -0.25) is 9.59 Å². The van der Waals surface area contributed by atoms with Gasteiger partial charge >= 0.3 is 6.03 Å². The second-order valence-electron chi connectivity index (χ2n) is 14.8. The maximum Gasteiger partial charge on any atom is 0.321 e. The van der Waals surface area contributed by atoms with Crippen molar-refractivity contribution in [1.29, 1.82) is 0 Å². The van der Waals surface area contributed by atoms with Crippen LogP contribution in [-0.2, 0) is 25.9 Å². The molecular formula is C47H46N6O5. The molecule has 11 nitrogen and oxygen atoms in total. The lowest BCUT2D eigenvalue weighted by atomic mass is 9.90. The molecule has 0 bridgehead atoms. The van der Waals surface area contributed by atoms with E-state index in [-0.39, 0.29) is 37.7 Å². The Labute approximate surface area is 338 Å². The molecule has 4 atom stereocenters. The Morgan fingerprint density at radius 2 is 0.948 bits per heavy atom. The van der Waals surface area contributed by atoms with Crippen LogP contribution in [0.5, 0.6) is 0 Å². The molecule has 0 saturated carbocycles. The lowest BCUT2D eigenvalue weighted by Crippen LogP contribution is -2.50. The number of carbonyl (C=O) groups is 3. The molecule has 4 N–H and O–H groups in total. The van der Waals surface area contributed by atoms with Crippen molar-refractivity contribution in [1.82, 2.24) is 19.8 Å². The lowest BCUT2D eigenvalue weighted by Gasteiger charge is -2.36. The van der Waals surface area contributed by atoms with Gasteiger partial charge in [0.05, 0.1) is 12.1 Å². The van der Waals surface area contributed by atoms with Crippen molar-refractivity contribution in [2.75, 3.05) is 10.6 Å². The van der Waals surface area contributed by atoms with Crippen LogP contribution in [0, 0.1) is 13.8 Å². The second-order valence-corrected chi connectivity index (χ2v) is 14.8. The molecule has 7 rings (SSSR count). The fourth-order valence-corrected chi connectivity index (χ4v) is 7.29. The van der Waals surface area contributed by atoms with Crippen molar-refractivity contribution in [2.24, 2.45) is 0 Å². The van der Waals surface area contributed by atoms with E-state index in [1.165, 1.54) is 0 Å². The number of urea groups is 1. The first-order chi connectivity index (χ1) is 28.1. The predicted octanol–water partition coefficient (Wildman–Crippen LogP) is 6.98. The van der Waals surface area contributed by atoms with Crippen molar-refractivity contribution in [3.05, 3.63) is 190 Å². The number of aromatic nitrogens is 2. The van der Waals surface area contributed by atoms with E-state index in [0.29, 0.717) is 33.9 Å². The van der Waals surface area contributed by atoms with Gasteiger partial charge in [0, 0.05) is 36.6 Å². The molecule has 1 saturated heterocycles. The maximum atomic E-state index is 15.3. The molecule has 1 fully saturated rings. The highest BCUT2D eigenvalue weighted by Gasteiger charge is 2.46. The van der Waals surface area contributed by atoms with Gasteiger partial charge in [-0.2, -0.15) is 0 Å². The number of carbonyl (C=O) groups excluding carboxylic acids is 3. The van der Waals surface area contributed by atoms with Gasteiger partial charge in [0.25, 0.3) is 11.8 Å². The summed E-state index contributed by atoms with van der Waals surface area (Å²) in [6.45, 7) is 3.90. The number of nitrogens with one attached hydrogen (secondary N) is 2. The molecule has 11 heteroatoms. The highest BCUT2D eigenvalue weighted by atomic mass is 16.3. The van der Waals surface area contributed by atoms with Gasteiger partial charge in [-0.25, -0.2) is 14.8 Å². The van der Waals surface area contributed by atoms with Gasteiger partial charge in [0.1, 0.15) is 23.8 Å². The van der Waals surface area contributed by atoms with Crippen LogP contribution in [-0.4, -0.2) is 72.1 Å². The summed E-state index contributed by atoms with van der Waals surface area (Å²) >= 11 is 0. The third kappa shape index (κ3) is 9.63. The monoisotopic (exact) mass is 774 g/mol. The van der Waals surface area contributed by atoms with Crippen molar-refractivity contribution in [3.63, 3.8) is 0 Å². The van der Waals surface area contributed by atoms with Crippen LogP contribution in [0.2, 0.25) is 0 Å². The molecule has 4 aromatic carbocycles. The molecule has 2 aromatic heterocycles. The first-order valence-corrected chi connectivity index (χ1v) is 19.3. The van der Waals surface area contributed by atoms with E-state index >= 15 is 4.79 Å². The van der Waals surface area contributed by atoms with Crippen LogP contribution in [0.3, 0.4) is 0 Å². The number of benzene rings is 4. The van der Waals surface area contributed by atoms with Crippen LogP contribution in [0.4, 0.5) is 16.4 Å². The average molecular weight is 775 g/mol. The van der Waals surface area contributed by atoms with Crippen LogP contribution >= 0.6 is 0 Å². The van der Waals surface area contributed by atoms with E-state index in [1.54, 1.807) is 70.7 Å². The molecule has 0 aliphatic carbocycles. The Hall–Kier alpha value is -6.69. The van der Waals surface area contributed by atoms with Crippen LogP contribution in [0.15, 0.2) is 146 Å². The molecule has 1 aliphatic rings. The average Bonchev–Trinajstić information content (AvgIpc) is 3.30. The van der Waals surface area contributed by atoms with Gasteiger partial charge in [-0.05, 0) is 96.5 Å². The molecule has 1 aliphatic heterocycles. The number of aliphatic hydroxyl groups is 2. The minimum absolute atomic E-state index is 0.0323. The number of anilines is 2. The summed E-state index contributed by atoms with van der Waals surface area (Å²) in [6, 6.07) is 38.2. The van der Waals surface area contributed by atoms with Crippen LogP contribution < -0.4 is 10.6 Å². The fourth-order valence-electron chi connectivity index (χ4n) is 7.29. The normalized spacial score (nSPS) is 18.0. The predicted molar refractivity (Wildman–Crippen MR) is 223 cm³/mol. The Bertz CT molecular complexity index is 2180. The number of nitrogens with zero attached hydrogens (tertiary/aromatic N) is 4. The van der Waals surface area contributed by atoms with Gasteiger partial charge in [-0.15, -0.1) is 0 Å². The SMILES string of the molecule is Cc1ccc(NC(=O)c2cccc(CN3C(=O)N(Cc4cccc(C(=O)Nc5ccc(C)cn5)c4)[C@H](Cc4ccccc4)[C@H](O)[C@@H](O)[C@H]3Cc3ccccc3)c2)nc1. The van der Waals surface area contributed by atoms with E-state index < -0.39 is 30.3 Å². The summed E-state index contributed by atoms with van der Waals surface area (Å²) in [5.41, 5.74) is 5.75. The number of aryl methyl sites for hydroxylation is 2. The number of pyridine rings is 2. The third-order valence-corrected chi connectivity index (χ3v) is 10.4. The minimum Gasteiger partial charge on any atom is -0.388 e. The minimum atomic E-state index is -1.35.